The summed E-state index contributed by atoms with van der Waals surface area (Å²) >= 11 is 0. The zero-order valence-corrected chi connectivity index (χ0v) is 8.90. The Hall–Kier alpha value is -1.97. The molecule has 3 rings (SSSR count). The molecule has 0 unspecified atom stereocenters. The topological polar surface area (TPSA) is 44.5 Å². The molecule has 0 saturated heterocycles. The third-order valence-corrected chi connectivity index (χ3v) is 2.74. The van der Waals surface area contributed by atoms with Crippen molar-refractivity contribution in [2.24, 2.45) is 0 Å². The Bertz CT molecular complexity index is 505. The number of benzene rings is 1. The number of rotatable bonds is 2. The standard InChI is InChI=1S/C12H11NO3/c1-14-10-4-8-2-3-15-12(8)11(5-10)9-6-13-16-7-9/h4-7H,2-3H2,1H3. The van der Waals surface area contributed by atoms with Crippen molar-refractivity contribution in [3.63, 3.8) is 0 Å². The summed E-state index contributed by atoms with van der Waals surface area (Å²) in [5, 5.41) is 3.71. The molecule has 0 amide bonds. The number of methoxy groups -OCH3 is 1. The van der Waals surface area contributed by atoms with E-state index in [0.29, 0.717) is 0 Å². The molecule has 0 fully saturated rings. The van der Waals surface area contributed by atoms with Gasteiger partial charge >= 0.3 is 0 Å². The minimum atomic E-state index is 0.723. The molecule has 1 aromatic carbocycles. The van der Waals surface area contributed by atoms with Gasteiger partial charge in [0.05, 0.1) is 19.9 Å². The lowest BCUT2D eigenvalue weighted by Gasteiger charge is -2.08. The van der Waals surface area contributed by atoms with Crippen LogP contribution in [0.5, 0.6) is 11.5 Å². The minimum Gasteiger partial charge on any atom is -0.497 e. The van der Waals surface area contributed by atoms with E-state index < -0.39 is 0 Å². The first-order valence-corrected chi connectivity index (χ1v) is 5.12. The van der Waals surface area contributed by atoms with Gasteiger partial charge in [0.1, 0.15) is 17.8 Å². The lowest BCUT2D eigenvalue weighted by Crippen LogP contribution is -1.89. The number of hydrogen-bond donors (Lipinski definition) is 0. The van der Waals surface area contributed by atoms with Crippen LogP contribution in [0.4, 0.5) is 0 Å². The van der Waals surface area contributed by atoms with Crippen LogP contribution in [-0.4, -0.2) is 18.9 Å². The summed E-state index contributed by atoms with van der Waals surface area (Å²) in [4.78, 5) is 0. The van der Waals surface area contributed by atoms with Crippen molar-refractivity contribution >= 4 is 0 Å². The van der Waals surface area contributed by atoms with Crippen molar-refractivity contribution in [2.75, 3.05) is 13.7 Å². The molecular formula is C12H11NO3. The normalized spacial score (nSPS) is 13.3. The molecule has 0 N–H and O–H groups in total. The fourth-order valence-corrected chi connectivity index (χ4v) is 1.95. The molecule has 0 saturated carbocycles. The number of fused-ring (bicyclic) bond motifs is 1. The van der Waals surface area contributed by atoms with E-state index in [0.717, 1.165) is 35.7 Å². The monoisotopic (exact) mass is 217 g/mol. The Morgan fingerprint density at radius 3 is 3.06 bits per heavy atom. The van der Waals surface area contributed by atoms with Gasteiger partial charge in [-0.3, -0.25) is 0 Å². The molecule has 4 nitrogen and oxygen atoms in total. The summed E-state index contributed by atoms with van der Waals surface area (Å²) in [6, 6.07) is 3.95. The lowest BCUT2D eigenvalue weighted by atomic mass is 10.0. The predicted molar refractivity (Wildman–Crippen MR) is 57.7 cm³/mol. The van der Waals surface area contributed by atoms with E-state index in [1.807, 2.05) is 12.1 Å². The Morgan fingerprint density at radius 2 is 2.31 bits per heavy atom. The van der Waals surface area contributed by atoms with Crippen LogP contribution in [0.25, 0.3) is 11.1 Å². The molecule has 0 spiro atoms. The minimum absolute atomic E-state index is 0.723. The Labute approximate surface area is 92.8 Å². The molecule has 16 heavy (non-hydrogen) atoms. The number of nitrogens with zero attached hydrogens (tertiary/aromatic N) is 1. The van der Waals surface area contributed by atoms with E-state index in [1.54, 1.807) is 19.6 Å². The smallest absolute Gasteiger partial charge is 0.131 e. The molecular weight excluding hydrogens is 206 g/mol. The lowest BCUT2D eigenvalue weighted by molar-refractivity contribution is 0.357. The Balaban J connectivity index is 2.20. The number of ether oxygens (including phenoxy) is 2. The zero-order chi connectivity index (χ0) is 11.0. The third kappa shape index (κ3) is 1.34. The summed E-state index contributed by atoms with van der Waals surface area (Å²) in [7, 11) is 1.66. The maximum atomic E-state index is 5.63. The van der Waals surface area contributed by atoms with Crippen molar-refractivity contribution in [1.82, 2.24) is 5.16 Å². The Kier molecular flexibility index (Phi) is 2.06. The highest BCUT2D eigenvalue weighted by Crippen LogP contribution is 2.39. The molecule has 0 bridgehead atoms. The molecule has 82 valence electrons. The zero-order valence-electron chi connectivity index (χ0n) is 8.90. The average Bonchev–Trinajstić information content (AvgIpc) is 2.98. The van der Waals surface area contributed by atoms with E-state index in [-0.39, 0.29) is 0 Å². The molecule has 1 aliphatic heterocycles. The van der Waals surface area contributed by atoms with Crippen molar-refractivity contribution in [2.45, 2.75) is 6.42 Å². The van der Waals surface area contributed by atoms with Gasteiger partial charge in [0.2, 0.25) is 0 Å². The molecule has 1 aliphatic rings. The molecule has 4 heteroatoms. The van der Waals surface area contributed by atoms with Gasteiger partial charge in [0, 0.05) is 23.1 Å². The van der Waals surface area contributed by atoms with Crippen LogP contribution < -0.4 is 9.47 Å². The first-order valence-electron chi connectivity index (χ1n) is 5.12. The fourth-order valence-electron chi connectivity index (χ4n) is 1.95. The average molecular weight is 217 g/mol. The third-order valence-electron chi connectivity index (χ3n) is 2.74. The molecule has 2 heterocycles. The largest absolute Gasteiger partial charge is 0.497 e. The van der Waals surface area contributed by atoms with Crippen LogP contribution in [0.1, 0.15) is 5.56 Å². The first kappa shape index (κ1) is 9.27. The summed E-state index contributed by atoms with van der Waals surface area (Å²) in [5.41, 5.74) is 3.07. The molecule has 0 atom stereocenters. The molecule has 1 aromatic heterocycles. The highest BCUT2D eigenvalue weighted by atomic mass is 16.5. The van der Waals surface area contributed by atoms with Gasteiger partial charge in [0.25, 0.3) is 0 Å². The maximum absolute atomic E-state index is 5.63. The summed E-state index contributed by atoms with van der Waals surface area (Å²) in [6.07, 6.45) is 4.21. The van der Waals surface area contributed by atoms with Gasteiger partial charge in [-0.1, -0.05) is 5.16 Å². The van der Waals surface area contributed by atoms with Crippen LogP contribution in [0, 0.1) is 0 Å². The van der Waals surface area contributed by atoms with Crippen molar-refractivity contribution in [3.05, 3.63) is 30.2 Å². The van der Waals surface area contributed by atoms with E-state index in [4.69, 9.17) is 14.0 Å². The predicted octanol–water partition coefficient (Wildman–Crippen LogP) is 2.29. The van der Waals surface area contributed by atoms with Gasteiger partial charge < -0.3 is 14.0 Å². The summed E-state index contributed by atoms with van der Waals surface area (Å²) in [5.74, 6) is 1.75. The van der Waals surface area contributed by atoms with Crippen LogP contribution in [0.15, 0.2) is 29.1 Å². The SMILES string of the molecule is COc1cc2c(c(-c3cnoc3)c1)OCC2. The molecule has 0 aliphatic carbocycles. The maximum Gasteiger partial charge on any atom is 0.131 e. The van der Waals surface area contributed by atoms with Crippen molar-refractivity contribution in [3.8, 4) is 22.6 Å². The van der Waals surface area contributed by atoms with Crippen LogP contribution in [-0.2, 0) is 6.42 Å². The van der Waals surface area contributed by atoms with Gasteiger partial charge in [-0.05, 0) is 12.1 Å². The highest BCUT2D eigenvalue weighted by Gasteiger charge is 2.20. The summed E-state index contributed by atoms with van der Waals surface area (Å²) < 4.78 is 15.8. The van der Waals surface area contributed by atoms with E-state index in [9.17, 15) is 0 Å². The van der Waals surface area contributed by atoms with Crippen LogP contribution in [0.2, 0.25) is 0 Å². The van der Waals surface area contributed by atoms with Gasteiger partial charge in [-0.2, -0.15) is 0 Å². The van der Waals surface area contributed by atoms with Crippen LogP contribution in [0.3, 0.4) is 0 Å². The van der Waals surface area contributed by atoms with Gasteiger partial charge in [-0.15, -0.1) is 0 Å². The highest BCUT2D eigenvalue weighted by molar-refractivity contribution is 5.73. The van der Waals surface area contributed by atoms with Crippen molar-refractivity contribution < 1.29 is 14.0 Å². The van der Waals surface area contributed by atoms with Crippen LogP contribution >= 0.6 is 0 Å². The van der Waals surface area contributed by atoms with Gasteiger partial charge in [0.15, 0.2) is 0 Å². The number of hydrogen-bond acceptors (Lipinski definition) is 4. The van der Waals surface area contributed by atoms with Gasteiger partial charge in [-0.25, -0.2) is 0 Å². The van der Waals surface area contributed by atoms with E-state index in [1.165, 1.54) is 5.56 Å². The molecule has 0 radical (unpaired) electrons. The second kappa shape index (κ2) is 3.56. The van der Waals surface area contributed by atoms with E-state index in [2.05, 4.69) is 5.16 Å². The fraction of sp³-hybridized carbons (Fsp3) is 0.250. The first-order chi connectivity index (χ1) is 7.88. The van der Waals surface area contributed by atoms with Crippen molar-refractivity contribution in [1.29, 1.82) is 0 Å². The summed E-state index contributed by atoms with van der Waals surface area (Å²) in [6.45, 7) is 0.723. The Morgan fingerprint density at radius 1 is 1.38 bits per heavy atom. The quantitative estimate of drug-likeness (QED) is 0.774. The van der Waals surface area contributed by atoms with E-state index >= 15 is 0 Å². The number of aromatic nitrogens is 1. The molecule has 2 aromatic rings. The second-order valence-electron chi connectivity index (χ2n) is 3.67. The second-order valence-corrected chi connectivity index (χ2v) is 3.67.